The third-order valence-electron chi connectivity index (χ3n) is 3.87. The van der Waals surface area contributed by atoms with Crippen molar-refractivity contribution in [3.8, 4) is 0 Å². The molecule has 0 unspecified atom stereocenters. The average Bonchev–Trinajstić information content (AvgIpc) is 2.98. The van der Waals surface area contributed by atoms with Gasteiger partial charge in [-0.1, -0.05) is 17.3 Å². The Kier molecular flexibility index (Phi) is 5.04. The van der Waals surface area contributed by atoms with Crippen molar-refractivity contribution in [3.63, 3.8) is 0 Å². The monoisotopic (exact) mass is 341 g/mol. The number of hydrogen-bond donors (Lipinski definition) is 1. The number of halogens is 1. The smallest absolute Gasteiger partial charge is 0.251 e. The minimum atomic E-state index is -0.267. The van der Waals surface area contributed by atoms with E-state index in [1.807, 2.05) is 25.1 Å². The molecule has 25 heavy (non-hydrogen) atoms. The van der Waals surface area contributed by atoms with E-state index in [0.29, 0.717) is 24.2 Å². The van der Waals surface area contributed by atoms with Crippen LogP contribution in [0.5, 0.6) is 0 Å². The van der Waals surface area contributed by atoms with Gasteiger partial charge in [-0.2, -0.15) is 0 Å². The quantitative estimate of drug-likeness (QED) is 0.744. The van der Waals surface area contributed by atoms with Crippen LogP contribution in [0.2, 0.25) is 0 Å². The predicted molar refractivity (Wildman–Crippen MR) is 93.9 cm³/mol. The third-order valence-corrected chi connectivity index (χ3v) is 3.87. The molecule has 1 aromatic heterocycles. The fourth-order valence-corrected chi connectivity index (χ4v) is 2.49. The van der Waals surface area contributed by atoms with Gasteiger partial charge >= 0.3 is 0 Å². The standard InChI is InChI=1S/C18H20FN5O/c1-23(2)10-9-20-18(25)14-5-8-17-16(11-14)21-22-24(17)12-13-3-6-15(19)7-4-13/h3-8,11H,9-10,12H2,1-2H3,(H,20,25). The summed E-state index contributed by atoms with van der Waals surface area (Å²) in [4.78, 5) is 14.2. The zero-order valence-electron chi connectivity index (χ0n) is 14.2. The van der Waals surface area contributed by atoms with Gasteiger partial charge in [0.05, 0.1) is 12.1 Å². The molecule has 0 saturated carbocycles. The summed E-state index contributed by atoms with van der Waals surface area (Å²) >= 11 is 0. The summed E-state index contributed by atoms with van der Waals surface area (Å²) in [6.45, 7) is 1.86. The Morgan fingerprint density at radius 1 is 1.20 bits per heavy atom. The molecule has 0 bridgehead atoms. The Morgan fingerprint density at radius 2 is 1.96 bits per heavy atom. The molecule has 0 aliphatic heterocycles. The number of aromatic nitrogens is 3. The van der Waals surface area contributed by atoms with Crippen LogP contribution in [0.15, 0.2) is 42.5 Å². The van der Waals surface area contributed by atoms with Crippen molar-refractivity contribution in [3.05, 3.63) is 59.4 Å². The Morgan fingerprint density at radius 3 is 2.68 bits per heavy atom. The van der Waals surface area contributed by atoms with Crippen molar-refractivity contribution in [2.45, 2.75) is 6.54 Å². The lowest BCUT2D eigenvalue weighted by molar-refractivity contribution is 0.0951. The van der Waals surface area contributed by atoms with Crippen LogP contribution >= 0.6 is 0 Å². The Balaban J connectivity index is 1.74. The summed E-state index contributed by atoms with van der Waals surface area (Å²) in [6.07, 6.45) is 0. The van der Waals surface area contributed by atoms with E-state index in [2.05, 4.69) is 15.6 Å². The summed E-state index contributed by atoms with van der Waals surface area (Å²) in [6, 6.07) is 11.6. The van der Waals surface area contributed by atoms with Gasteiger partial charge in [0.25, 0.3) is 5.91 Å². The molecular formula is C18H20FN5O. The molecule has 1 amide bonds. The fourth-order valence-electron chi connectivity index (χ4n) is 2.49. The van der Waals surface area contributed by atoms with Crippen LogP contribution in [0.1, 0.15) is 15.9 Å². The summed E-state index contributed by atoms with van der Waals surface area (Å²) < 4.78 is 14.7. The second-order valence-corrected chi connectivity index (χ2v) is 6.14. The molecule has 6 nitrogen and oxygen atoms in total. The molecule has 0 saturated heterocycles. The van der Waals surface area contributed by atoms with E-state index in [9.17, 15) is 9.18 Å². The van der Waals surface area contributed by atoms with Gasteiger partial charge in [-0.25, -0.2) is 9.07 Å². The average molecular weight is 341 g/mol. The summed E-state index contributed by atoms with van der Waals surface area (Å²) in [5.41, 5.74) is 2.97. The topological polar surface area (TPSA) is 63.1 Å². The fraction of sp³-hybridized carbons (Fsp3) is 0.278. The van der Waals surface area contributed by atoms with E-state index >= 15 is 0 Å². The van der Waals surface area contributed by atoms with E-state index < -0.39 is 0 Å². The normalized spacial score (nSPS) is 11.2. The SMILES string of the molecule is CN(C)CCNC(=O)c1ccc2c(c1)nnn2Cc1ccc(F)cc1. The zero-order chi connectivity index (χ0) is 17.8. The van der Waals surface area contributed by atoms with E-state index in [1.54, 1.807) is 28.9 Å². The maximum absolute atomic E-state index is 13.0. The minimum absolute atomic E-state index is 0.128. The predicted octanol–water partition coefficient (Wildman–Crippen LogP) is 1.91. The summed E-state index contributed by atoms with van der Waals surface area (Å²) in [7, 11) is 3.91. The Hall–Kier alpha value is -2.80. The molecule has 130 valence electrons. The van der Waals surface area contributed by atoms with Crippen LogP contribution in [0, 0.1) is 5.82 Å². The summed E-state index contributed by atoms with van der Waals surface area (Å²) in [5.74, 6) is -0.394. The summed E-state index contributed by atoms with van der Waals surface area (Å²) in [5, 5.41) is 11.1. The molecule has 0 spiro atoms. The first kappa shape index (κ1) is 17.0. The number of carbonyl (C=O) groups excluding carboxylic acids is 1. The third kappa shape index (κ3) is 4.19. The second kappa shape index (κ2) is 7.40. The number of nitrogens with one attached hydrogen (secondary N) is 1. The Labute approximate surface area is 145 Å². The highest BCUT2D eigenvalue weighted by Crippen LogP contribution is 2.15. The lowest BCUT2D eigenvalue weighted by Crippen LogP contribution is -2.31. The van der Waals surface area contributed by atoms with Crippen molar-refractivity contribution in [2.75, 3.05) is 27.2 Å². The molecule has 0 aliphatic rings. The largest absolute Gasteiger partial charge is 0.351 e. The van der Waals surface area contributed by atoms with Crippen LogP contribution in [-0.2, 0) is 6.54 Å². The van der Waals surface area contributed by atoms with Gasteiger partial charge in [-0.05, 0) is 50.0 Å². The maximum Gasteiger partial charge on any atom is 0.251 e. The van der Waals surface area contributed by atoms with Gasteiger partial charge in [0.1, 0.15) is 11.3 Å². The van der Waals surface area contributed by atoms with Crippen LogP contribution in [0.25, 0.3) is 11.0 Å². The zero-order valence-corrected chi connectivity index (χ0v) is 14.2. The van der Waals surface area contributed by atoms with Gasteiger partial charge in [0.15, 0.2) is 0 Å². The van der Waals surface area contributed by atoms with Gasteiger partial charge in [0.2, 0.25) is 0 Å². The Bertz CT molecular complexity index is 873. The van der Waals surface area contributed by atoms with Crippen LogP contribution < -0.4 is 5.32 Å². The highest BCUT2D eigenvalue weighted by Gasteiger charge is 2.10. The first-order chi connectivity index (χ1) is 12.0. The molecule has 1 heterocycles. The molecule has 0 radical (unpaired) electrons. The maximum atomic E-state index is 13.0. The highest BCUT2D eigenvalue weighted by molar-refractivity contribution is 5.97. The van der Waals surface area contributed by atoms with Crippen LogP contribution in [0.3, 0.4) is 0 Å². The molecule has 0 fully saturated rings. The van der Waals surface area contributed by atoms with Crippen molar-refractivity contribution in [1.29, 1.82) is 0 Å². The minimum Gasteiger partial charge on any atom is -0.351 e. The van der Waals surface area contributed by atoms with Crippen LogP contribution in [-0.4, -0.2) is 53.0 Å². The lowest BCUT2D eigenvalue weighted by Gasteiger charge is -2.10. The number of likely N-dealkylation sites (N-methyl/N-ethyl adjacent to an activating group) is 1. The van der Waals surface area contributed by atoms with Gasteiger partial charge in [-0.3, -0.25) is 4.79 Å². The van der Waals surface area contributed by atoms with E-state index in [4.69, 9.17) is 0 Å². The van der Waals surface area contributed by atoms with E-state index in [-0.39, 0.29) is 11.7 Å². The number of amides is 1. The molecular weight excluding hydrogens is 321 g/mol. The van der Waals surface area contributed by atoms with Crippen molar-refractivity contribution >= 4 is 16.9 Å². The van der Waals surface area contributed by atoms with Crippen molar-refractivity contribution in [2.24, 2.45) is 0 Å². The van der Waals surface area contributed by atoms with Crippen molar-refractivity contribution in [1.82, 2.24) is 25.2 Å². The van der Waals surface area contributed by atoms with E-state index in [1.165, 1.54) is 12.1 Å². The first-order valence-corrected chi connectivity index (χ1v) is 8.03. The number of hydrogen-bond acceptors (Lipinski definition) is 4. The van der Waals surface area contributed by atoms with Crippen LogP contribution in [0.4, 0.5) is 4.39 Å². The molecule has 1 N–H and O–H groups in total. The first-order valence-electron chi connectivity index (χ1n) is 8.03. The van der Waals surface area contributed by atoms with E-state index in [0.717, 1.165) is 17.6 Å². The van der Waals surface area contributed by atoms with Gasteiger partial charge in [0, 0.05) is 18.7 Å². The highest BCUT2D eigenvalue weighted by atomic mass is 19.1. The molecule has 0 atom stereocenters. The number of fused-ring (bicyclic) bond motifs is 1. The van der Waals surface area contributed by atoms with Crippen molar-refractivity contribution < 1.29 is 9.18 Å². The number of benzene rings is 2. The van der Waals surface area contributed by atoms with Gasteiger partial charge < -0.3 is 10.2 Å². The molecule has 0 aliphatic carbocycles. The number of carbonyl (C=O) groups is 1. The molecule has 2 aromatic carbocycles. The lowest BCUT2D eigenvalue weighted by atomic mass is 10.1. The second-order valence-electron chi connectivity index (χ2n) is 6.14. The van der Waals surface area contributed by atoms with Gasteiger partial charge in [-0.15, -0.1) is 5.10 Å². The number of nitrogens with zero attached hydrogens (tertiary/aromatic N) is 4. The number of rotatable bonds is 6. The molecule has 7 heteroatoms. The molecule has 3 rings (SSSR count). The molecule has 3 aromatic rings.